The Morgan fingerprint density at radius 1 is 1.36 bits per heavy atom. The molecular formula is C12H15NO. The van der Waals surface area contributed by atoms with Crippen LogP contribution in [0.3, 0.4) is 0 Å². The van der Waals surface area contributed by atoms with Crippen LogP contribution in [0.25, 0.3) is 0 Å². The molecule has 0 aromatic heterocycles. The van der Waals surface area contributed by atoms with Gasteiger partial charge in [0.2, 0.25) is 0 Å². The van der Waals surface area contributed by atoms with E-state index in [9.17, 15) is 4.79 Å². The predicted molar refractivity (Wildman–Crippen MR) is 58.3 cm³/mol. The smallest absolute Gasteiger partial charge is 0.166 e. The molecule has 0 aliphatic carbocycles. The van der Waals surface area contributed by atoms with Gasteiger partial charge in [-0.05, 0) is 18.5 Å². The van der Waals surface area contributed by atoms with Crippen LogP contribution in [0.1, 0.15) is 22.3 Å². The summed E-state index contributed by atoms with van der Waals surface area (Å²) in [4.78, 5) is 11.4. The second kappa shape index (κ2) is 5.35. The molecule has 0 radical (unpaired) electrons. The van der Waals surface area contributed by atoms with Crippen molar-refractivity contribution in [2.75, 3.05) is 6.54 Å². The zero-order valence-corrected chi connectivity index (χ0v) is 8.20. The van der Waals surface area contributed by atoms with Crippen LogP contribution in [0, 0.1) is 0 Å². The summed E-state index contributed by atoms with van der Waals surface area (Å²) in [7, 11) is 0. The quantitative estimate of drug-likeness (QED) is 0.568. The molecule has 0 amide bonds. The van der Waals surface area contributed by atoms with Crippen molar-refractivity contribution < 1.29 is 4.79 Å². The number of benzene rings is 1. The van der Waals surface area contributed by atoms with Crippen LogP contribution in [0.15, 0.2) is 36.9 Å². The number of hydrogen-bond donors (Lipinski definition) is 1. The van der Waals surface area contributed by atoms with Crippen LogP contribution >= 0.6 is 0 Å². The van der Waals surface area contributed by atoms with E-state index in [2.05, 4.69) is 6.58 Å². The molecule has 1 aromatic carbocycles. The van der Waals surface area contributed by atoms with Gasteiger partial charge in [-0.3, -0.25) is 4.79 Å². The van der Waals surface area contributed by atoms with E-state index in [0.717, 1.165) is 12.0 Å². The summed E-state index contributed by atoms with van der Waals surface area (Å²) >= 11 is 0. The van der Waals surface area contributed by atoms with E-state index in [0.29, 0.717) is 13.0 Å². The van der Waals surface area contributed by atoms with Gasteiger partial charge in [0, 0.05) is 12.0 Å². The standard InChI is InChI=1S/C12H15NO/c1-2-3-12(14)11-6-4-10(5-7-11)8-9-13/h2,4-7H,1,3,8-9,13H2. The minimum absolute atomic E-state index is 0.110. The topological polar surface area (TPSA) is 43.1 Å². The predicted octanol–water partition coefficient (Wildman–Crippen LogP) is 1.95. The van der Waals surface area contributed by atoms with Gasteiger partial charge in [0.15, 0.2) is 5.78 Å². The fourth-order valence-corrected chi connectivity index (χ4v) is 1.27. The first-order valence-electron chi connectivity index (χ1n) is 4.71. The van der Waals surface area contributed by atoms with Crippen LogP contribution in [-0.4, -0.2) is 12.3 Å². The highest BCUT2D eigenvalue weighted by molar-refractivity contribution is 5.96. The average Bonchev–Trinajstić information content (AvgIpc) is 2.20. The minimum atomic E-state index is 0.110. The highest BCUT2D eigenvalue weighted by Crippen LogP contribution is 2.07. The zero-order chi connectivity index (χ0) is 10.4. The molecule has 1 rings (SSSR count). The summed E-state index contributed by atoms with van der Waals surface area (Å²) in [6, 6.07) is 7.58. The number of nitrogens with two attached hydrogens (primary N) is 1. The summed E-state index contributed by atoms with van der Waals surface area (Å²) in [5, 5.41) is 0. The molecule has 0 atom stereocenters. The van der Waals surface area contributed by atoms with Gasteiger partial charge in [-0.2, -0.15) is 0 Å². The molecule has 14 heavy (non-hydrogen) atoms. The number of allylic oxidation sites excluding steroid dienone is 1. The molecule has 2 heteroatoms. The molecule has 0 saturated heterocycles. The number of rotatable bonds is 5. The minimum Gasteiger partial charge on any atom is -0.330 e. The Balaban J connectivity index is 2.72. The van der Waals surface area contributed by atoms with Crippen LogP contribution in [-0.2, 0) is 6.42 Å². The summed E-state index contributed by atoms with van der Waals surface area (Å²) in [5.74, 6) is 0.110. The van der Waals surface area contributed by atoms with Gasteiger partial charge in [0.05, 0.1) is 0 Å². The second-order valence-electron chi connectivity index (χ2n) is 3.15. The van der Waals surface area contributed by atoms with E-state index in [1.807, 2.05) is 24.3 Å². The van der Waals surface area contributed by atoms with Crippen molar-refractivity contribution in [2.45, 2.75) is 12.8 Å². The maximum absolute atomic E-state index is 11.4. The SMILES string of the molecule is C=CCC(=O)c1ccc(CCN)cc1. The van der Waals surface area contributed by atoms with Crippen molar-refractivity contribution in [1.29, 1.82) is 0 Å². The Morgan fingerprint density at radius 2 is 2.00 bits per heavy atom. The molecule has 0 saturated carbocycles. The van der Waals surface area contributed by atoms with Crippen molar-refractivity contribution in [1.82, 2.24) is 0 Å². The summed E-state index contributed by atoms with van der Waals surface area (Å²) in [6.45, 7) is 4.17. The maximum Gasteiger partial charge on any atom is 0.166 e. The Morgan fingerprint density at radius 3 is 2.50 bits per heavy atom. The lowest BCUT2D eigenvalue weighted by atomic mass is 10.0. The monoisotopic (exact) mass is 189 g/mol. The van der Waals surface area contributed by atoms with Crippen LogP contribution in [0.4, 0.5) is 0 Å². The maximum atomic E-state index is 11.4. The highest BCUT2D eigenvalue weighted by Gasteiger charge is 2.02. The molecule has 0 unspecified atom stereocenters. The van der Waals surface area contributed by atoms with Gasteiger partial charge >= 0.3 is 0 Å². The second-order valence-corrected chi connectivity index (χ2v) is 3.15. The average molecular weight is 189 g/mol. The lowest BCUT2D eigenvalue weighted by Crippen LogP contribution is -2.03. The number of hydrogen-bond acceptors (Lipinski definition) is 2. The largest absolute Gasteiger partial charge is 0.330 e. The van der Waals surface area contributed by atoms with Crippen molar-refractivity contribution in [2.24, 2.45) is 5.73 Å². The number of Topliss-reactive ketones (excluding diaryl/α,β-unsaturated/α-hetero) is 1. The molecule has 0 bridgehead atoms. The van der Waals surface area contributed by atoms with Gasteiger partial charge < -0.3 is 5.73 Å². The molecule has 0 spiro atoms. The van der Waals surface area contributed by atoms with Crippen LogP contribution in [0.2, 0.25) is 0 Å². The van der Waals surface area contributed by atoms with Gasteiger partial charge in [0.25, 0.3) is 0 Å². The van der Waals surface area contributed by atoms with E-state index < -0.39 is 0 Å². The molecule has 74 valence electrons. The van der Waals surface area contributed by atoms with E-state index in [1.54, 1.807) is 6.08 Å². The summed E-state index contributed by atoms with van der Waals surface area (Å²) < 4.78 is 0. The molecule has 0 fully saturated rings. The third-order valence-electron chi connectivity index (χ3n) is 2.04. The highest BCUT2D eigenvalue weighted by atomic mass is 16.1. The molecule has 0 heterocycles. The van der Waals surface area contributed by atoms with Gasteiger partial charge in [-0.15, -0.1) is 6.58 Å². The lowest BCUT2D eigenvalue weighted by Gasteiger charge is -2.00. The first-order chi connectivity index (χ1) is 6.77. The first kappa shape index (κ1) is 10.7. The Labute approximate surface area is 84.4 Å². The molecule has 2 nitrogen and oxygen atoms in total. The third-order valence-corrected chi connectivity index (χ3v) is 2.04. The molecule has 2 N–H and O–H groups in total. The van der Waals surface area contributed by atoms with Gasteiger partial charge in [0.1, 0.15) is 0 Å². The van der Waals surface area contributed by atoms with Crippen LogP contribution in [0.5, 0.6) is 0 Å². The van der Waals surface area contributed by atoms with E-state index in [1.165, 1.54) is 5.56 Å². The lowest BCUT2D eigenvalue weighted by molar-refractivity contribution is 0.0996. The molecular weight excluding hydrogens is 174 g/mol. The number of ketones is 1. The fraction of sp³-hybridized carbons (Fsp3) is 0.250. The zero-order valence-electron chi connectivity index (χ0n) is 8.20. The van der Waals surface area contributed by atoms with Gasteiger partial charge in [-0.1, -0.05) is 30.3 Å². The van der Waals surface area contributed by atoms with Crippen molar-refractivity contribution in [3.05, 3.63) is 48.0 Å². The first-order valence-corrected chi connectivity index (χ1v) is 4.71. The number of carbonyl (C=O) groups excluding carboxylic acids is 1. The fourth-order valence-electron chi connectivity index (χ4n) is 1.27. The van der Waals surface area contributed by atoms with Crippen molar-refractivity contribution in [3.8, 4) is 0 Å². The summed E-state index contributed by atoms with van der Waals surface area (Å²) in [5.41, 5.74) is 7.34. The molecule has 0 aliphatic heterocycles. The Hall–Kier alpha value is -1.41. The third kappa shape index (κ3) is 2.82. The normalized spacial score (nSPS) is 9.79. The van der Waals surface area contributed by atoms with Crippen LogP contribution < -0.4 is 5.73 Å². The van der Waals surface area contributed by atoms with Gasteiger partial charge in [-0.25, -0.2) is 0 Å². The molecule has 0 aliphatic rings. The van der Waals surface area contributed by atoms with E-state index in [-0.39, 0.29) is 5.78 Å². The Kier molecular flexibility index (Phi) is 4.08. The van der Waals surface area contributed by atoms with E-state index >= 15 is 0 Å². The van der Waals surface area contributed by atoms with Crippen molar-refractivity contribution in [3.63, 3.8) is 0 Å². The van der Waals surface area contributed by atoms with Crippen molar-refractivity contribution >= 4 is 5.78 Å². The molecule has 1 aromatic rings. The summed E-state index contributed by atoms with van der Waals surface area (Å²) in [6.07, 6.45) is 2.88. The Bertz CT molecular complexity index is 314. The van der Waals surface area contributed by atoms with E-state index in [4.69, 9.17) is 5.73 Å². The number of carbonyl (C=O) groups is 1.